The first kappa shape index (κ1) is 15.0. The summed E-state index contributed by atoms with van der Waals surface area (Å²) in [5, 5.41) is 16.2. The zero-order valence-corrected chi connectivity index (χ0v) is 12.7. The number of aryl methyl sites for hydroxylation is 2. The smallest absolute Gasteiger partial charge is 0.345 e. The molecule has 0 aliphatic carbocycles. The van der Waals surface area contributed by atoms with Gasteiger partial charge in [-0.2, -0.15) is 5.10 Å². The van der Waals surface area contributed by atoms with Gasteiger partial charge in [-0.25, -0.2) is 4.79 Å². The van der Waals surface area contributed by atoms with Gasteiger partial charge in [0.1, 0.15) is 4.88 Å². The molecule has 0 saturated carbocycles. The molecule has 6 nitrogen and oxygen atoms in total. The second-order valence-electron chi connectivity index (χ2n) is 4.50. The summed E-state index contributed by atoms with van der Waals surface area (Å²) in [6.07, 6.45) is 3.12. The van der Waals surface area contributed by atoms with E-state index in [1.165, 1.54) is 12.1 Å². The van der Waals surface area contributed by atoms with E-state index in [1.54, 1.807) is 16.8 Å². The second kappa shape index (κ2) is 5.92. The fourth-order valence-corrected chi connectivity index (χ4v) is 2.62. The molecule has 110 valence electrons. The number of hydrogen-bond donors (Lipinski definition) is 2. The summed E-state index contributed by atoms with van der Waals surface area (Å²) in [5.41, 5.74) is 2.73. The van der Waals surface area contributed by atoms with Crippen molar-refractivity contribution in [3.8, 4) is 0 Å². The number of carbonyl (C=O) groups excluding carboxylic acids is 1. The number of carboxylic acids is 1. The quantitative estimate of drug-likeness (QED) is 0.850. The number of anilines is 1. The van der Waals surface area contributed by atoms with E-state index in [9.17, 15) is 9.59 Å². The van der Waals surface area contributed by atoms with Crippen molar-refractivity contribution >= 4 is 34.3 Å². The Kier molecular flexibility index (Phi) is 4.23. The van der Waals surface area contributed by atoms with E-state index in [-0.39, 0.29) is 10.8 Å². The van der Waals surface area contributed by atoms with Crippen LogP contribution in [0.3, 0.4) is 0 Å². The number of carbonyl (C=O) groups is 2. The van der Waals surface area contributed by atoms with E-state index < -0.39 is 5.97 Å². The third kappa shape index (κ3) is 3.38. The fraction of sp³-hybridized carbons (Fsp3) is 0.214. The molecule has 0 bridgehead atoms. The topological polar surface area (TPSA) is 84.2 Å². The zero-order valence-electron chi connectivity index (χ0n) is 11.9. The molecule has 0 saturated heterocycles. The van der Waals surface area contributed by atoms with Gasteiger partial charge in [0.25, 0.3) is 0 Å². The van der Waals surface area contributed by atoms with Crippen LogP contribution in [0.2, 0.25) is 0 Å². The molecule has 2 N–H and O–H groups in total. The number of thiophene rings is 1. The summed E-state index contributed by atoms with van der Waals surface area (Å²) in [6.45, 7) is 3.80. The monoisotopic (exact) mass is 305 g/mol. The number of amides is 1. The van der Waals surface area contributed by atoms with Crippen molar-refractivity contribution < 1.29 is 14.7 Å². The molecule has 0 radical (unpaired) electrons. The predicted octanol–water partition coefficient (Wildman–Crippen LogP) is 2.45. The van der Waals surface area contributed by atoms with Gasteiger partial charge < -0.3 is 10.4 Å². The van der Waals surface area contributed by atoms with Crippen LogP contribution in [0.5, 0.6) is 0 Å². The number of nitrogens with one attached hydrogen (secondary N) is 1. The Morgan fingerprint density at radius 1 is 1.38 bits per heavy atom. The fourth-order valence-electron chi connectivity index (χ4n) is 1.87. The van der Waals surface area contributed by atoms with Crippen LogP contribution >= 0.6 is 11.3 Å². The molecular weight excluding hydrogens is 290 g/mol. The Balaban J connectivity index is 2.07. The van der Waals surface area contributed by atoms with Crippen LogP contribution in [0, 0.1) is 13.8 Å². The lowest BCUT2D eigenvalue weighted by atomic mass is 10.2. The van der Waals surface area contributed by atoms with Gasteiger partial charge in [0.05, 0.1) is 10.7 Å². The number of hydrogen-bond acceptors (Lipinski definition) is 4. The maximum absolute atomic E-state index is 11.8. The van der Waals surface area contributed by atoms with Crippen molar-refractivity contribution in [1.82, 2.24) is 9.78 Å². The van der Waals surface area contributed by atoms with Gasteiger partial charge in [-0.3, -0.25) is 9.48 Å². The van der Waals surface area contributed by atoms with Crippen LogP contribution < -0.4 is 5.32 Å². The minimum atomic E-state index is -1.00. The van der Waals surface area contributed by atoms with E-state index in [0.717, 1.165) is 28.3 Å². The van der Waals surface area contributed by atoms with E-state index in [4.69, 9.17) is 5.11 Å². The highest BCUT2D eigenvalue weighted by molar-refractivity contribution is 7.18. The molecule has 2 rings (SSSR count). The molecule has 2 aromatic heterocycles. The van der Waals surface area contributed by atoms with Crippen molar-refractivity contribution in [2.75, 3.05) is 5.32 Å². The number of aromatic carboxylic acids is 1. The van der Waals surface area contributed by atoms with Gasteiger partial charge in [-0.1, -0.05) is 0 Å². The maximum Gasteiger partial charge on any atom is 0.345 e. The molecule has 1 amide bonds. The van der Waals surface area contributed by atoms with Gasteiger partial charge in [0.15, 0.2) is 0 Å². The van der Waals surface area contributed by atoms with Crippen molar-refractivity contribution in [2.24, 2.45) is 7.05 Å². The highest BCUT2D eigenvalue weighted by atomic mass is 32.1. The van der Waals surface area contributed by atoms with Gasteiger partial charge in [0, 0.05) is 24.4 Å². The van der Waals surface area contributed by atoms with Crippen LogP contribution in [0.25, 0.3) is 6.08 Å². The van der Waals surface area contributed by atoms with Gasteiger partial charge in [-0.15, -0.1) is 11.3 Å². The Bertz CT molecular complexity index is 728. The molecule has 0 atom stereocenters. The van der Waals surface area contributed by atoms with Gasteiger partial charge in [-0.05, 0) is 32.1 Å². The third-order valence-corrected chi connectivity index (χ3v) is 4.02. The molecule has 7 heteroatoms. The Hall–Kier alpha value is -2.41. The standard InChI is InChI=1S/C14H15N3O3S/c1-8-10(9(2)17(3)16-8)4-6-12(18)15-13-7-5-11(21-13)14(19)20/h4-7H,1-3H3,(H,15,18)(H,19,20)/b6-4+. The summed E-state index contributed by atoms with van der Waals surface area (Å²) < 4.78 is 1.76. The van der Waals surface area contributed by atoms with Crippen LogP contribution in [0.1, 0.15) is 26.6 Å². The molecule has 0 aliphatic rings. The summed E-state index contributed by atoms with van der Waals surface area (Å²) >= 11 is 1.02. The van der Waals surface area contributed by atoms with Crippen LogP contribution in [0.4, 0.5) is 5.00 Å². The molecular formula is C14H15N3O3S. The zero-order chi connectivity index (χ0) is 15.6. The summed E-state index contributed by atoms with van der Waals surface area (Å²) in [5.74, 6) is -1.31. The lowest BCUT2D eigenvalue weighted by Crippen LogP contribution is -2.06. The molecule has 21 heavy (non-hydrogen) atoms. The average molecular weight is 305 g/mol. The normalized spacial score (nSPS) is 11.0. The molecule has 0 spiro atoms. The first-order valence-electron chi connectivity index (χ1n) is 6.21. The van der Waals surface area contributed by atoms with Crippen molar-refractivity contribution in [2.45, 2.75) is 13.8 Å². The average Bonchev–Trinajstić information content (AvgIpc) is 2.95. The summed E-state index contributed by atoms with van der Waals surface area (Å²) in [4.78, 5) is 22.8. The summed E-state index contributed by atoms with van der Waals surface area (Å²) in [6, 6.07) is 3.03. The molecule has 2 heterocycles. The molecule has 0 aliphatic heterocycles. The number of aromatic nitrogens is 2. The maximum atomic E-state index is 11.8. The van der Waals surface area contributed by atoms with E-state index in [1.807, 2.05) is 20.9 Å². The first-order valence-corrected chi connectivity index (χ1v) is 7.02. The molecule has 0 unspecified atom stereocenters. The SMILES string of the molecule is Cc1nn(C)c(C)c1/C=C/C(=O)Nc1ccc(C(=O)O)s1. The highest BCUT2D eigenvalue weighted by Crippen LogP contribution is 2.22. The van der Waals surface area contributed by atoms with Crippen molar-refractivity contribution in [3.05, 3.63) is 40.0 Å². The van der Waals surface area contributed by atoms with Crippen molar-refractivity contribution in [3.63, 3.8) is 0 Å². The van der Waals surface area contributed by atoms with Crippen molar-refractivity contribution in [1.29, 1.82) is 0 Å². The molecule has 0 fully saturated rings. The number of rotatable bonds is 4. The lowest BCUT2D eigenvalue weighted by Gasteiger charge is -1.97. The number of carboxylic acid groups (broad SMARTS) is 1. The number of nitrogens with zero attached hydrogens (tertiary/aromatic N) is 2. The van der Waals surface area contributed by atoms with E-state index in [2.05, 4.69) is 10.4 Å². The van der Waals surface area contributed by atoms with Gasteiger partial charge >= 0.3 is 5.97 Å². The molecule has 2 aromatic rings. The highest BCUT2D eigenvalue weighted by Gasteiger charge is 2.09. The van der Waals surface area contributed by atoms with Crippen LogP contribution in [-0.2, 0) is 11.8 Å². The van der Waals surface area contributed by atoms with E-state index >= 15 is 0 Å². The van der Waals surface area contributed by atoms with Gasteiger partial charge in [0.2, 0.25) is 5.91 Å². The second-order valence-corrected chi connectivity index (χ2v) is 5.58. The van der Waals surface area contributed by atoms with E-state index in [0.29, 0.717) is 5.00 Å². The van der Waals surface area contributed by atoms with Crippen LogP contribution in [0.15, 0.2) is 18.2 Å². The minimum Gasteiger partial charge on any atom is -0.477 e. The minimum absolute atomic E-state index is 0.188. The summed E-state index contributed by atoms with van der Waals surface area (Å²) in [7, 11) is 1.85. The predicted molar refractivity (Wildman–Crippen MR) is 81.6 cm³/mol. The Morgan fingerprint density at radius 2 is 2.10 bits per heavy atom. The third-order valence-electron chi connectivity index (χ3n) is 3.03. The Labute approximate surface area is 125 Å². The lowest BCUT2D eigenvalue weighted by molar-refractivity contribution is -0.111. The first-order chi connectivity index (χ1) is 9.88. The molecule has 0 aromatic carbocycles. The largest absolute Gasteiger partial charge is 0.477 e. The Morgan fingerprint density at radius 3 is 2.62 bits per heavy atom. The van der Waals surface area contributed by atoms with Crippen LogP contribution in [-0.4, -0.2) is 26.8 Å².